The second kappa shape index (κ2) is 8.93. The number of rotatable bonds is 7. The van der Waals surface area contributed by atoms with Crippen LogP contribution >= 0.6 is 23.2 Å². The number of aryl methyl sites for hydroxylation is 2. The van der Waals surface area contributed by atoms with Gasteiger partial charge in [0.05, 0.1) is 27.9 Å². The number of halogens is 2. The molecule has 1 aromatic heterocycles. The summed E-state index contributed by atoms with van der Waals surface area (Å²) >= 11 is 11.8. The molecule has 0 atom stereocenters. The maximum absolute atomic E-state index is 12.2. The van der Waals surface area contributed by atoms with E-state index in [4.69, 9.17) is 27.9 Å². The highest BCUT2D eigenvalue weighted by Gasteiger charge is 2.14. The first-order valence-corrected chi connectivity index (χ1v) is 9.27. The van der Waals surface area contributed by atoms with Crippen LogP contribution in [0, 0.1) is 17.0 Å². The van der Waals surface area contributed by atoms with Crippen molar-refractivity contribution in [2.24, 2.45) is 0 Å². The highest BCUT2D eigenvalue weighted by Crippen LogP contribution is 2.31. The normalized spacial score (nSPS) is 10.6. The Bertz CT molecular complexity index is 1070. The summed E-state index contributed by atoms with van der Waals surface area (Å²) in [5.41, 5.74) is 0.854. The number of anilines is 1. The topological polar surface area (TPSA) is 99.3 Å². The quantitative estimate of drug-likeness (QED) is 0.405. The molecule has 0 saturated heterocycles. The third kappa shape index (κ3) is 5.69. The highest BCUT2D eigenvalue weighted by atomic mass is 35.5. The third-order valence-electron chi connectivity index (χ3n) is 3.92. The number of amides is 1. The molecule has 0 bridgehead atoms. The Morgan fingerprint density at radius 3 is 2.69 bits per heavy atom. The van der Waals surface area contributed by atoms with Crippen molar-refractivity contribution in [3.8, 4) is 11.5 Å². The summed E-state index contributed by atoms with van der Waals surface area (Å²) in [6.07, 6.45) is 3.19. The average molecular weight is 435 g/mol. The molecule has 29 heavy (non-hydrogen) atoms. The summed E-state index contributed by atoms with van der Waals surface area (Å²) in [6.45, 7) is 2.14. The fourth-order valence-electron chi connectivity index (χ4n) is 2.54. The number of ether oxygens (including phenoxy) is 1. The zero-order valence-electron chi connectivity index (χ0n) is 15.3. The van der Waals surface area contributed by atoms with Gasteiger partial charge in [0, 0.05) is 36.3 Å². The van der Waals surface area contributed by atoms with Gasteiger partial charge in [-0.2, -0.15) is 5.10 Å². The van der Waals surface area contributed by atoms with Gasteiger partial charge >= 0.3 is 0 Å². The molecule has 0 unspecified atom stereocenters. The number of non-ortho nitro benzene ring substituents is 1. The van der Waals surface area contributed by atoms with Crippen LogP contribution in [0.2, 0.25) is 10.0 Å². The summed E-state index contributed by atoms with van der Waals surface area (Å²) in [7, 11) is 0. The van der Waals surface area contributed by atoms with E-state index >= 15 is 0 Å². The SMILES string of the molecule is Cc1cc(Oc2cc(NC(=O)CCn3cc(Cl)cn3)cc([N+](=O)[O-])c2)ccc1Cl. The van der Waals surface area contributed by atoms with E-state index in [0.717, 1.165) is 5.56 Å². The van der Waals surface area contributed by atoms with E-state index in [-0.39, 0.29) is 29.5 Å². The molecule has 1 amide bonds. The van der Waals surface area contributed by atoms with Crippen LogP contribution < -0.4 is 10.1 Å². The number of nitrogens with zero attached hydrogens (tertiary/aromatic N) is 3. The van der Waals surface area contributed by atoms with Crippen molar-refractivity contribution in [1.29, 1.82) is 0 Å². The maximum Gasteiger partial charge on any atom is 0.275 e. The summed E-state index contributed by atoms with van der Waals surface area (Å²) < 4.78 is 7.25. The Hall–Kier alpha value is -3.10. The van der Waals surface area contributed by atoms with Gasteiger partial charge in [0.25, 0.3) is 5.69 Å². The predicted octanol–water partition coefficient (Wildman–Crippen LogP) is 5.23. The molecule has 150 valence electrons. The van der Waals surface area contributed by atoms with E-state index < -0.39 is 4.92 Å². The Labute approximate surface area is 176 Å². The number of carbonyl (C=O) groups excluding carboxylic acids is 1. The number of nitro groups is 1. The van der Waals surface area contributed by atoms with E-state index in [2.05, 4.69) is 10.4 Å². The van der Waals surface area contributed by atoms with E-state index in [1.54, 1.807) is 24.4 Å². The molecule has 8 nitrogen and oxygen atoms in total. The van der Waals surface area contributed by atoms with Crippen LogP contribution in [0.3, 0.4) is 0 Å². The van der Waals surface area contributed by atoms with Crippen molar-refractivity contribution in [2.45, 2.75) is 19.9 Å². The average Bonchev–Trinajstić information content (AvgIpc) is 3.08. The lowest BCUT2D eigenvalue weighted by atomic mass is 10.2. The lowest BCUT2D eigenvalue weighted by Crippen LogP contribution is -2.14. The molecule has 0 saturated carbocycles. The highest BCUT2D eigenvalue weighted by molar-refractivity contribution is 6.31. The van der Waals surface area contributed by atoms with Gasteiger partial charge in [-0.1, -0.05) is 23.2 Å². The number of hydrogen-bond donors (Lipinski definition) is 1. The first-order valence-electron chi connectivity index (χ1n) is 8.51. The van der Waals surface area contributed by atoms with Gasteiger partial charge in [0.2, 0.25) is 5.91 Å². The molecule has 10 heteroatoms. The molecule has 2 aromatic carbocycles. The van der Waals surface area contributed by atoms with Crippen LogP contribution in [-0.2, 0) is 11.3 Å². The van der Waals surface area contributed by atoms with Crippen LogP contribution in [-0.4, -0.2) is 20.6 Å². The first kappa shape index (κ1) is 20.6. The number of nitrogens with one attached hydrogen (secondary N) is 1. The Kier molecular flexibility index (Phi) is 6.36. The van der Waals surface area contributed by atoms with E-state index in [1.165, 1.54) is 29.1 Å². The molecule has 0 aliphatic rings. The van der Waals surface area contributed by atoms with Crippen LogP contribution in [0.4, 0.5) is 11.4 Å². The summed E-state index contributed by atoms with van der Waals surface area (Å²) in [4.78, 5) is 22.9. The molecule has 3 aromatic rings. The number of nitro benzene ring substituents is 1. The number of hydrogen-bond acceptors (Lipinski definition) is 5. The minimum absolute atomic E-state index is 0.118. The first-order chi connectivity index (χ1) is 13.8. The van der Waals surface area contributed by atoms with Crippen LogP contribution in [0.5, 0.6) is 11.5 Å². The lowest BCUT2D eigenvalue weighted by molar-refractivity contribution is -0.384. The largest absolute Gasteiger partial charge is 0.457 e. The van der Waals surface area contributed by atoms with Crippen LogP contribution in [0.1, 0.15) is 12.0 Å². The van der Waals surface area contributed by atoms with Crippen molar-refractivity contribution in [3.05, 3.63) is 74.5 Å². The second-order valence-corrected chi connectivity index (χ2v) is 7.05. The van der Waals surface area contributed by atoms with Gasteiger partial charge in [-0.25, -0.2) is 0 Å². The Morgan fingerprint density at radius 1 is 1.24 bits per heavy atom. The zero-order chi connectivity index (χ0) is 21.0. The van der Waals surface area contributed by atoms with E-state index in [1.807, 2.05) is 6.92 Å². The van der Waals surface area contributed by atoms with Crippen LogP contribution in [0.25, 0.3) is 0 Å². The van der Waals surface area contributed by atoms with E-state index in [9.17, 15) is 14.9 Å². The van der Waals surface area contributed by atoms with Crippen molar-refractivity contribution >= 4 is 40.5 Å². The molecule has 1 heterocycles. The molecule has 0 radical (unpaired) electrons. The maximum atomic E-state index is 12.2. The van der Waals surface area contributed by atoms with Crippen molar-refractivity contribution in [1.82, 2.24) is 9.78 Å². The fraction of sp³-hybridized carbons (Fsp3) is 0.158. The van der Waals surface area contributed by atoms with Crippen molar-refractivity contribution in [2.75, 3.05) is 5.32 Å². The molecule has 1 N–H and O–H groups in total. The standard InChI is InChI=1S/C19H16Cl2N4O4/c1-12-6-16(2-3-18(12)21)29-17-8-14(7-15(9-17)25(27)28)23-19(26)4-5-24-11-13(20)10-22-24/h2-3,6-11H,4-5H2,1H3,(H,23,26). The molecular weight excluding hydrogens is 419 g/mol. The van der Waals surface area contributed by atoms with Gasteiger partial charge < -0.3 is 10.1 Å². The monoisotopic (exact) mass is 434 g/mol. The fourth-order valence-corrected chi connectivity index (χ4v) is 2.81. The van der Waals surface area contributed by atoms with Gasteiger partial charge in [0.1, 0.15) is 11.5 Å². The number of benzene rings is 2. The van der Waals surface area contributed by atoms with Crippen molar-refractivity contribution in [3.63, 3.8) is 0 Å². The molecule has 0 aliphatic carbocycles. The predicted molar refractivity (Wildman–Crippen MR) is 110 cm³/mol. The van der Waals surface area contributed by atoms with Gasteiger partial charge in [-0.15, -0.1) is 0 Å². The minimum atomic E-state index is -0.554. The molecule has 0 fully saturated rings. The Morgan fingerprint density at radius 2 is 2.03 bits per heavy atom. The zero-order valence-corrected chi connectivity index (χ0v) is 16.8. The second-order valence-electron chi connectivity index (χ2n) is 6.21. The minimum Gasteiger partial charge on any atom is -0.457 e. The Balaban J connectivity index is 1.74. The van der Waals surface area contributed by atoms with E-state index in [0.29, 0.717) is 22.3 Å². The summed E-state index contributed by atoms with van der Waals surface area (Å²) in [5, 5.41) is 18.9. The van der Waals surface area contributed by atoms with Crippen molar-refractivity contribution < 1.29 is 14.5 Å². The van der Waals surface area contributed by atoms with Crippen LogP contribution in [0.15, 0.2) is 48.8 Å². The molecule has 3 rings (SSSR count). The summed E-state index contributed by atoms with van der Waals surface area (Å²) in [6, 6.07) is 9.11. The third-order valence-corrected chi connectivity index (χ3v) is 4.54. The number of aromatic nitrogens is 2. The van der Waals surface area contributed by atoms with Gasteiger partial charge in [-0.3, -0.25) is 19.6 Å². The smallest absolute Gasteiger partial charge is 0.275 e. The van der Waals surface area contributed by atoms with Gasteiger partial charge in [-0.05, 0) is 30.7 Å². The molecular formula is C19H16Cl2N4O4. The molecule has 0 aliphatic heterocycles. The number of carbonyl (C=O) groups is 1. The lowest BCUT2D eigenvalue weighted by Gasteiger charge is -2.10. The van der Waals surface area contributed by atoms with Gasteiger partial charge in [0.15, 0.2) is 0 Å². The summed E-state index contributed by atoms with van der Waals surface area (Å²) in [5.74, 6) is 0.362. The molecule has 0 spiro atoms.